The van der Waals surface area contributed by atoms with Gasteiger partial charge in [0.1, 0.15) is 10.8 Å². The summed E-state index contributed by atoms with van der Waals surface area (Å²) in [4.78, 5) is 10.1. The molecule has 0 saturated carbocycles. The number of ether oxygens (including phenoxy) is 1. The molecule has 0 bridgehead atoms. The average Bonchev–Trinajstić information content (AvgIpc) is 3.11. The fraction of sp³-hybridized carbons (Fsp3) is 0.333. The van der Waals surface area contributed by atoms with Crippen molar-refractivity contribution in [2.24, 2.45) is 0 Å². The Labute approximate surface area is 162 Å². The first-order valence-corrected chi connectivity index (χ1v) is 9.39. The van der Waals surface area contributed by atoms with Crippen LogP contribution in [0.3, 0.4) is 0 Å². The van der Waals surface area contributed by atoms with Gasteiger partial charge in [-0.25, -0.2) is 9.37 Å². The molecule has 1 saturated heterocycles. The van der Waals surface area contributed by atoms with Gasteiger partial charge in [0, 0.05) is 31.1 Å². The molecular formula is C18H16F4N4OS. The summed E-state index contributed by atoms with van der Waals surface area (Å²) in [5.41, 5.74) is 1.70. The minimum absolute atomic E-state index is 0.251. The second-order valence-electron chi connectivity index (χ2n) is 6.36. The Morgan fingerprint density at radius 2 is 1.96 bits per heavy atom. The van der Waals surface area contributed by atoms with Crippen LogP contribution in [0.15, 0.2) is 30.5 Å². The molecule has 2 aromatic heterocycles. The number of thiazole rings is 1. The number of pyridine rings is 1. The fourth-order valence-electron chi connectivity index (χ4n) is 3.02. The number of benzene rings is 1. The van der Waals surface area contributed by atoms with E-state index < -0.39 is 17.0 Å². The number of anilines is 2. The predicted octanol–water partition coefficient (Wildman–Crippen LogP) is 4.43. The molecule has 10 heteroatoms. The third kappa shape index (κ3) is 4.23. The monoisotopic (exact) mass is 412 g/mol. The predicted molar refractivity (Wildman–Crippen MR) is 98.2 cm³/mol. The first kappa shape index (κ1) is 19.0. The summed E-state index contributed by atoms with van der Waals surface area (Å²) in [5, 5.41) is 2.93. The van der Waals surface area contributed by atoms with Crippen molar-refractivity contribution in [3.05, 3.63) is 47.0 Å². The minimum atomic E-state index is -4.49. The smallest absolute Gasteiger partial charge is 0.379 e. The van der Waals surface area contributed by atoms with Crippen LogP contribution < -0.4 is 5.32 Å². The van der Waals surface area contributed by atoms with Crippen molar-refractivity contribution >= 4 is 32.9 Å². The van der Waals surface area contributed by atoms with Gasteiger partial charge in [0.05, 0.1) is 36.3 Å². The summed E-state index contributed by atoms with van der Waals surface area (Å²) in [6.45, 7) is 3.33. The number of hydrogen-bond donors (Lipinski definition) is 1. The molecule has 1 N–H and O–H groups in total. The quantitative estimate of drug-likeness (QED) is 0.643. The highest BCUT2D eigenvalue weighted by Crippen LogP contribution is 2.36. The molecule has 4 rings (SSSR count). The number of morpholine rings is 1. The lowest BCUT2D eigenvalue weighted by molar-refractivity contribution is -0.137. The van der Waals surface area contributed by atoms with Crippen molar-refractivity contribution in [1.82, 2.24) is 14.9 Å². The molecule has 1 aliphatic heterocycles. The average molecular weight is 412 g/mol. The highest BCUT2D eigenvalue weighted by atomic mass is 32.1. The molecule has 148 valence electrons. The molecule has 1 fully saturated rings. The van der Waals surface area contributed by atoms with E-state index in [2.05, 4.69) is 20.2 Å². The van der Waals surface area contributed by atoms with Gasteiger partial charge in [-0.1, -0.05) is 11.3 Å². The van der Waals surface area contributed by atoms with E-state index in [1.54, 1.807) is 12.1 Å². The molecule has 0 amide bonds. The van der Waals surface area contributed by atoms with E-state index in [0.29, 0.717) is 53.4 Å². The van der Waals surface area contributed by atoms with Crippen LogP contribution in [0, 0.1) is 5.82 Å². The third-order valence-corrected chi connectivity index (χ3v) is 5.28. The summed E-state index contributed by atoms with van der Waals surface area (Å²) in [7, 11) is 0. The van der Waals surface area contributed by atoms with Crippen LogP contribution in [0.5, 0.6) is 0 Å². The Hall–Kier alpha value is -2.30. The van der Waals surface area contributed by atoms with Gasteiger partial charge in [0.25, 0.3) is 0 Å². The topological polar surface area (TPSA) is 50.3 Å². The van der Waals surface area contributed by atoms with Crippen LogP contribution >= 0.6 is 11.3 Å². The number of aromatic nitrogens is 2. The number of hydrogen-bond acceptors (Lipinski definition) is 6. The van der Waals surface area contributed by atoms with Crippen LogP contribution in [-0.2, 0) is 17.5 Å². The largest absolute Gasteiger partial charge is 0.443 e. The SMILES string of the molecule is Fc1ccc2c(Nc3cnc(C(F)(F)F)s3)cc(CN3CCOCC3)nc2c1. The zero-order chi connectivity index (χ0) is 19.7. The van der Waals surface area contributed by atoms with Crippen molar-refractivity contribution in [2.75, 3.05) is 31.6 Å². The maximum atomic E-state index is 13.7. The number of nitrogens with one attached hydrogen (secondary N) is 1. The number of halogens is 4. The van der Waals surface area contributed by atoms with Gasteiger partial charge in [-0.15, -0.1) is 0 Å². The van der Waals surface area contributed by atoms with E-state index in [-0.39, 0.29) is 5.00 Å². The zero-order valence-corrected chi connectivity index (χ0v) is 15.4. The summed E-state index contributed by atoms with van der Waals surface area (Å²) in [6.07, 6.45) is -3.35. The normalized spacial score (nSPS) is 15.9. The molecule has 0 atom stereocenters. The fourth-order valence-corrected chi connectivity index (χ4v) is 3.72. The van der Waals surface area contributed by atoms with Gasteiger partial charge < -0.3 is 10.1 Å². The first-order valence-electron chi connectivity index (χ1n) is 8.58. The Kier molecular flexibility index (Phi) is 5.17. The number of nitrogens with zero attached hydrogens (tertiary/aromatic N) is 3. The van der Waals surface area contributed by atoms with E-state index in [0.717, 1.165) is 19.3 Å². The number of alkyl halides is 3. The molecule has 0 spiro atoms. The molecule has 1 aliphatic rings. The third-order valence-electron chi connectivity index (χ3n) is 4.32. The zero-order valence-electron chi connectivity index (χ0n) is 14.6. The van der Waals surface area contributed by atoms with E-state index >= 15 is 0 Å². The van der Waals surface area contributed by atoms with Crippen LogP contribution in [0.2, 0.25) is 0 Å². The molecule has 1 aromatic carbocycles. The van der Waals surface area contributed by atoms with Gasteiger partial charge in [0.15, 0.2) is 5.01 Å². The highest BCUT2D eigenvalue weighted by Gasteiger charge is 2.34. The lowest BCUT2D eigenvalue weighted by Crippen LogP contribution is -2.35. The molecular weight excluding hydrogens is 396 g/mol. The van der Waals surface area contributed by atoms with Crippen LogP contribution in [-0.4, -0.2) is 41.2 Å². The maximum Gasteiger partial charge on any atom is 0.443 e. The molecule has 5 nitrogen and oxygen atoms in total. The van der Waals surface area contributed by atoms with Crippen LogP contribution in [0.4, 0.5) is 28.3 Å². The van der Waals surface area contributed by atoms with Crippen molar-refractivity contribution in [2.45, 2.75) is 12.7 Å². The summed E-state index contributed by atoms with van der Waals surface area (Å²) >= 11 is 0.519. The summed E-state index contributed by atoms with van der Waals surface area (Å²) < 4.78 is 57.5. The first-order chi connectivity index (χ1) is 13.4. The van der Waals surface area contributed by atoms with Gasteiger partial charge in [-0.05, 0) is 18.2 Å². The Morgan fingerprint density at radius 3 is 2.68 bits per heavy atom. The molecule has 0 radical (unpaired) electrons. The highest BCUT2D eigenvalue weighted by molar-refractivity contribution is 7.15. The number of fused-ring (bicyclic) bond motifs is 1. The molecule has 3 heterocycles. The van der Waals surface area contributed by atoms with Gasteiger partial charge in [0.2, 0.25) is 0 Å². The van der Waals surface area contributed by atoms with Crippen LogP contribution in [0.1, 0.15) is 10.7 Å². The maximum absolute atomic E-state index is 13.7. The summed E-state index contributed by atoms with van der Waals surface area (Å²) in [6, 6.07) is 5.95. The Balaban J connectivity index is 1.67. The van der Waals surface area contributed by atoms with Gasteiger partial charge >= 0.3 is 6.18 Å². The van der Waals surface area contributed by atoms with E-state index in [1.807, 2.05) is 0 Å². The van der Waals surface area contributed by atoms with Gasteiger partial charge in [-0.2, -0.15) is 13.2 Å². The lowest BCUT2D eigenvalue weighted by atomic mass is 10.1. The molecule has 0 unspecified atom stereocenters. The lowest BCUT2D eigenvalue weighted by Gasteiger charge is -2.26. The van der Waals surface area contributed by atoms with E-state index in [9.17, 15) is 17.6 Å². The summed E-state index contributed by atoms with van der Waals surface area (Å²) in [5.74, 6) is -0.424. The molecule has 3 aromatic rings. The number of rotatable bonds is 4. The van der Waals surface area contributed by atoms with E-state index in [1.165, 1.54) is 12.1 Å². The van der Waals surface area contributed by atoms with E-state index in [4.69, 9.17) is 4.74 Å². The molecule has 28 heavy (non-hydrogen) atoms. The van der Waals surface area contributed by atoms with Crippen LogP contribution in [0.25, 0.3) is 10.9 Å². The van der Waals surface area contributed by atoms with Crippen molar-refractivity contribution in [1.29, 1.82) is 0 Å². The standard InChI is InChI=1S/C18H16F4N4OS/c19-11-1-2-13-14(7-11)24-12(10-26-3-5-27-6-4-26)8-15(13)25-16-9-23-17(28-16)18(20,21)22/h1-2,7-9H,3-6,10H2,(H,24,25). The second kappa shape index (κ2) is 7.61. The minimum Gasteiger partial charge on any atom is -0.379 e. The van der Waals surface area contributed by atoms with Crippen molar-refractivity contribution in [3.8, 4) is 0 Å². The van der Waals surface area contributed by atoms with Crippen molar-refractivity contribution in [3.63, 3.8) is 0 Å². The van der Waals surface area contributed by atoms with Gasteiger partial charge in [-0.3, -0.25) is 9.88 Å². The Morgan fingerprint density at radius 1 is 1.18 bits per heavy atom. The Bertz CT molecular complexity index is 985. The second-order valence-corrected chi connectivity index (χ2v) is 7.39. The van der Waals surface area contributed by atoms with Crippen molar-refractivity contribution < 1.29 is 22.3 Å². The molecule has 0 aliphatic carbocycles.